The van der Waals surface area contributed by atoms with Crippen LogP contribution < -0.4 is 10.6 Å². The van der Waals surface area contributed by atoms with E-state index in [9.17, 15) is 5.11 Å². The van der Waals surface area contributed by atoms with E-state index in [0.717, 1.165) is 32.0 Å². The predicted octanol–water partition coefficient (Wildman–Crippen LogP) is 0.428. The minimum Gasteiger partial charge on any atom is -0.396 e. The largest absolute Gasteiger partial charge is 0.396 e. The molecule has 2 heterocycles. The first-order chi connectivity index (χ1) is 9.39. The van der Waals surface area contributed by atoms with E-state index in [1.807, 2.05) is 26.0 Å². The standard InChI is InChI=1S/C14H21N5O/c1-14(2,20)10-18-5-7-19(8-6-18)13-4-3-11(16)12(9-15)17-13/h3-4,20H,5-8,10,16H2,1-2H3. The second kappa shape index (κ2) is 5.65. The fourth-order valence-corrected chi connectivity index (χ4v) is 2.41. The molecule has 0 aliphatic carbocycles. The number of hydrogen-bond donors (Lipinski definition) is 2. The van der Waals surface area contributed by atoms with Crippen molar-refractivity contribution in [1.29, 1.82) is 5.26 Å². The van der Waals surface area contributed by atoms with Crippen molar-refractivity contribution in [3.63, 3.8) is 0 Å². The lowest BCUT2D eigenvalue weighted by Gasteiger charge is -2.37. The highest BCUT2D eigenvalue weighted by Gasteiger charge is 2.23. The van der Waals surface area contributed by atoms with Crippen molar-refractivity contribution < 1.29 is 5.11 Å². The molecule has 3 N–H and O–H groups in total. The topological polar surface area (TPSA) is 89.4 Å². The fourth-order valence-electron chi connectivity index (χ4n) is 2.41. The van der Waals surface area contributed by atoms with E-state index >= 15 is 0 Å². The second-order valence-corrected chi connectivity index (χ2v) is 5.79. The van der Waals surface area contributed by atoms with Crippen molar-refractivity contribution >= 4 is 11.5 Å². The van der Waals surface area contributed by atoms with Crippen LogP contribution in [0.25, 0.3) is 0 Å². The summed E-state index contributed by atoms with van der Waals surface area (Å²) in [6, 6.07) is 5.58. The quantitative estimate of drug-likeness (QED) is 0.831. The van der Waals surface area contributed by atoms with Gasteiger partial charge in [-0.05, 0) is 26.0 Å². The Balaban J connectivity index is 1.99. The second-order valence-electron chi connectivity index (χ2n) is 5.79. The van der Waals surface area contributed by atoms with Gasteiger partial charge in [0.15, 0.2) is 5.69 Å². The number of nitrogens with zero attached hydrogens (tertiary/aromatic N) is 4. The van der Waals surface area contributed by atoms with Crippen molar-refractivity contribution in [3.05, 3.63) is 17.8 Å². The maximum atomic E-state index is 9.83. The average molecular weight is 275 g/mol. The van der Waals surface area contributed by atoms with Gasteiger partial charge in [0.25, 0.3) is 0 Å². The summed E-state index contributed by atoms with van der Waals surface area (Å²) in [6.07, 6.45) is 0. The van der Waals surface area contributed by atoms with Crippen molar-refractivity contribution in [3.8, 4) is 6.07 Å². The Bertz CT molecular complexity index is 509. The Morgan fingerprint density at radius 2 is 2.00 bits per heavy atom. The highest BCUT2D eigenvalue weighted by Crippen LogP contribution is 2.18. The summed E-state index contributed by atoms with van der Waals surface area (Å²) >= 11 is 0. The first kappa shape index (κ1) is 14.6. The molecule has 0 amide bonds. The Kier molecular flexibility index (Phi) is 4.12. The SMILES string of the molecule is CC(C)(O)CN1CCN(c2ccc(N)c(C#N)n2)CC1. The highest BCUT2D eigenvalue weighted by atomic mass is 16.3. The molecule has 6 nitrogen and oxygen atoms in total. The molecule has 108 valence electrons. The lowest BCUT2D eigenvalue weighted by Crippen LogP contribution is -2.50. The number of β-amino-alcohol motifs (C(OH)–C–C–N with tert-alkyl or cyclic N) is 1. The van der Waals surface area contributed by atoms with Crippen molar-refractivity contribution in [2.24, 2.45) is 0 Å². The monoisotopic (exact) mass is 275 g/mol. The van der Waals surface area contributed by atoms with Gasteiger partial charge in [-0.1, -0.05) is 0 Å². The molecule has 6 heteroatoms. The van der Waals surface area contributed by atoms with Gasteiger partial charge < -0.3 is 15.7 Å². The summed E-state index contributed by atoms with van der Waals surface area (Å²) in [6.45, 7) is 7.71. The van der Waals surface area contributed by atoms with E-state index in [0.29, 0.717) is 12.2 Å². The molecule has 0 bridgehead atoms. The van der Waals surface area contributed by atoms with Gasteiger partial charge in [0.2, 0.25) is 0 Å². The maximum absolute atomic E-state index is 9.83. The number of rotatable bonds is 3. The minimum absolute atomic E-state index is 0.279. The molecule has 1 saturated heterocycles. The molecule has 1 fully saturated rings. The molecule has 2 rings (SSSR count). The lowest BCUT2D eigenvalue weighted by atomic mass is 10.1. The Hall–Kier alpha value is -1.84. The zero-order valence-electron chi connectivity index (χ0n) is 12.0. The molecule has 0 aromatic carbocycles. The number of pyridine rings is 1. The number of aliphatic hydroxyl groups is 1. The maximum Gasteiger partial charge on any atom is 0.165 e. The average Bonchev–Trinajstić information content (AvgIpc) is 2.38. The summed E-state index contributed by atoms with van der Waals surface area (Å²) in [4.78, 5) is 8.66. The molecule has 1 aliphatic heterocycles. The third kappa shape index (κ3) is 3.59. The van der Waals surface area contributed by atoms with Gasteiger partial charge >= 0.3 is 0 Å². The van der Waals surface area contributed by atoms with Crippen LogP contribution >= 0.6 is 0 Å². The van der Waals surface area contributed by atoms with Crippen LogP contribution in [0, 0.1) is 11.3 Å². The first-order valence-corrected chi connectivity index (χ1v) is 6.75. The summed E-state index contributed by atoms with van der Waals surface area (Å²) < 4.78 is 0. The molecule has 0 atom stereocenters. The van der Waals surface area contributed by atoms with Crippen LogP contribution in [-0.4, -0.2) is 53.3 Å². The van der Waals surface area contributed by atoms with E-state index in [1.165, 1.54) is 0 Å². The number of nitrogens with two attached hydrogens (primary N) is 1. The number of nitrogen functional groups attached to an aromatic ring is 1. The van der Waals surface area contributed by atoms with Gasteiger partial charge in [-0.25, -0.2) is 4.98 Å². The molecule has 0 unspecified atom stereocenters. The fraction of sp³-hybridized carbons (Fsp3) is 0.571. The van der Waals surface area contributed by atoms with Crippen LogP contribution in [-0.2, 0) is 0 Å². The third-order valence-corrected chi connectivity index (χ3v) is 3.32. The van der Waals surface area contributed by atoms with E-state index in [2.05, 4.69) is 14.8 Å². The normalized spacial score (nSPS) is 17.0. The van der Waals surface area contributed by atoms with Crippen LogP contribution in [0.15, 0.2) is 12.1 Å². The van der Waals surface area contributed by atoms with Crippen LogP contribution in [0.2, 0.25) is 0 Å². The molecule has 0 spiro atoms. The molecule has 1 aromatic heterocycles. The van der Waals surface area contributed by atoms with Gasteiger partial charge in [-0.3, -0.25) is 4.90 Å². The van der Waals surface area contributed by atoms with Gasteiger partial charge in [0.1, 0.15) is 11.9 Å². The number of nitriles is 1. The summed E-state index contributed by atoms with van der Waals surface area (Å²) in [5.74, 6) is 0.790. The molecule has 1 aliphatic rings. The highest BCUT2D eigenvalue weighted by molar-refractivity contribution is 5.55. The zero-order valence-corrected chi connectivity index (χ0v) is 12.0. The summed E-state index contributed by atoms with van der Waals surface area (Å²) in [5, 5.41) is 18.8. The lowest BCUT2D eigenvalue weighted by molar-refractivity contribution is 0.0344. The Morgan fingerprint density at radius 1 is 1.35 bits per heavy atom. The van der Waals surface area contributed by atoms with Crippen molar-refractivity contribution in [1.82, 2.24) is 9.88 Å². The van der Waals surface area contributed by atoms with Crippen LogP contribution in [0.3, 0.4) is 0 Å². The number of piperazine rings is 1. The predicted molar refractivity (Wildman–Crippen MR) is 78.3 cm³/mol. The van der Waals surface area contributed by atoms with E-state index in [1.54, 1.807) is 6.07 Å². The molecule has 0 saturated carbocycles. The number of hydrogen-bond acceptors (Lipinski definition) is 6. The van der Waals surface area contributed by atoms with Gasteiger partial charge in [0, 0.05) is 32.7 Å². The number of aromatic nitrogens is 1. The molecular weight excluding hydrogens is 254 g/mol. The van der Waals surface area contributed by atoms with Crippen LogP contribution in [0.1, 0.15) is 19.5 Å². The van der Waals surface area contributed by atoms with Crippen LogP contribution in [0.4, 0.5) is 11.5 Å². The Morgan fingerprint density at radius 3 is 2.55 bits per heavy atom. The first-order valence-electron chi connectivity index (χ1n) is 6.75. The minimum atomic E-state index is -0.671. The van der Waals surface area contributed by atoms with E-state index < -0.39 is 5.60 Å². The van der Waals surface area contributed by atoms with Crippen molar-refractivity contribution in [2.75, 3.05) is 43.4 Å². The van der Waals surface area contributed by atoms with Gasteiger partial charge in [0.05, 0.1) is 11.3 Å². The zero-order chi connectivity index (χ0) is 14.8. The van der Waals surface area contributed by atoms with E-state index in [-0.39, 0.29) is 5.69 Å². The van der Waals surface area contributed by atoms with Crippen LogP contribution in [0.5, 0.6) is 0 Å². The van der Waals surface area contributed by atoms with Crippen molar-refractivity contribution in [2.45, 2.75) is 19.4 Å². The van der Waals surface area contributed by atoms with E-state index in [4.69, 9.17) is 11.0 Å². The number of anilines is 2. The third-order valence-electron chi connectivity index (χ3n) is 3.32. The summed E-state index contributed by atoms with van der Waals surface area (Å²) in [7, 11) is 0. The van der Waals surface area contributed by atoms with Gasteiger partial charge in [-0.2, -0.15) is 5.26 Å². The van der Waals surface area contributed by atoms with Gasteiger partial charge in [-0.15, -0.1) is 0 Å². The Labute approximate surface area is 119 Å². The molecular formula is C14H21N5O. The molecule has 1 aromatic rings. The summed E-state index contributed by atoms with van der Waals surface area (Å²) in [5.41, 5.74) is 5.70. The molecule has 0 radical (unpaired) electrons. The smallest absolute Gasteiger partial charge is 0.165 e. The molecule has 20 heavy (non-hydrogen) atoms.